The van der Waals surface area contributed by atoms with Gasteiger partial charge in [0.2, 0.25) is 0 Å². The van der Waals surface area contributed by atoms with Crippen LogP contribution in [0.3, 0.4) is 0 Å². The minimum Gasteiger partial charge on any atom is -0.277 e. The number of halogens is 1. The van der Waals surface area contributed by atoms with E-state index in [-0.39, 0.29) is 21.3 Å². The van der Waals surface area contributed by atoms with Crippen molar-refractivity contribution in [3.8, 4) is 11.1 Å². The minimum atomic E-state index is -3.72. The number of benzene rings is 2. The third-order valence-corrected chi connectivity index (χ3v) is 4.69. The molecule has 0 fully saturated rings. The van der Waals surface area contributed by atoms with Crippen molar-refractivity contribution in [2.45, 2.75) is 4.90 Å². The van der Waals surface area contributed by atoms with Crippen molar-refractivity contribution in [1.29, 1.82) is 0 Å². The topological polar surface area (TPSA) is 89.3 Å². The van der Waals surface area contributed by atoms with Crippen LogP contribution in [0.4, 0.5) is 11.4 Å². The summed E-state index contributed by atoms with van der Waals surface area (Å²) in [5, 5.41) is 10.9. The number of hydrogen-bond donors (Lipinski definition) is 1. The van der Waals surface area contributed by atoms with Crippen LogP contribution in [-0.2, 0) is 10.0 Å². The molecule has 0 saturated carbocycles. The minimum absolute atomic E-state index is 0.00715. The summed E-state index contributed by atoms with van der Waals surface area (Å²) in [6.07, 6.45) is 0. The first-order valence-electron chi connectivity index (χ1n) is 5.50. The molecule has 1 heterocycles. The number of nitrogens with one attached hydrogen (secondary N) is 1. The molecule has 0 aliphatic carbocycles. The third kappa shape index (κ3) is 1.83. The van der Waals surface area contributed by atoms with Gasteiger partial charge in [-0.15, -0.1) is 0 Å². The summed E-state index contributed by atoms with van der Waals surface area (Å²) in [6.45, 7) is 0. The predicted molar refractivity (Wildman–Crippen MR) is 74.4 cm³/mol. The quantitative estimate of drug-likeness (QED) is 0.647. The molecule has 2 aromatic rings. The zero-order valence-electron chi connectivity index (χ0n) is 9.83. The first-order chi connectivity index (χ1) is 9.40. The number of hydrogen-bond acceptors (Lipinski definition) is 4. The van der Waals surface area contributed by atoms with Gasteiger partial charge < -0.3 is 0 Å². The van der Waals surface area contributed by atoms with Crippen LogP contribution in [0.15, 0.2) is 41.3 Å². The molecule has 1 aliphatic rings. The molecule has 0 unspecified atom stereocenters. The van der Waals surface area contributed by atoms with E-state index in [0.29, 0.717) is 11.1 Å². The Kier molecular flexibility index (Phi) is 2.70. The van der Waals surface area contributed by atoms with Crippen molar-refractivity contribution in [1.82, 2.24) is 0 Å². The molecule has 2 aromatic carbocycles. The highest BCUT2D eigenvalue weighted by molar-refractivity contribution is 7.93. The lowest BCUT2D eigenvalue weighted by Crippen LogP contribution is -2.19. The van der Waals surface area contributed by atoms with E-state index in [1.807, 2.05) is 0 Å². The molecule has 20 heavy (non-hydrogen) atoms. The number of nitrogens with zero attached hydrogens (tertiary/aromatic N) is 1. The van der Waals surface area contributed by atoms with Crippen molar-refractivity contribution in [3.63, 3.8) is 0 Å². The molecule has 0 radical (unpaired) electrons. The first kappa shape index (κ1) is 12.9. The Morgan fingerprint density at radius 1 is 1.15 bits per heavy atom. The average molecular weight is 311 g/mol. The van der Waals surface area contributed by atoms with Gasteiger partial charge in [0, 0.05) is 23.3 Å². The summed E-state index contributed by atoms with van der Waals surface area (Å²) in [6, 6.07) is 8.71. The van der Waals surface area contributed by atoms with Crippen LogP contribution < -0.4 is 4.72 Å². The molecular weight excluding hydrogens is 304 g/mol. The molecule has 8 heteroatoms. The van der Waals surface area contributed by atoms with Gasteiger partial charge in [-0.05, 0) is 6.07 Å². The summed E-state index contributed by atoms with van der Waals surface area (Å²) in [5.74, 6) is 0. The Morgan fingerprint density at radius 3 is 2.55 bits per heavy atom. The van der Waals surface area contributed by atoms with E-state index in [1.165, 1.54) is 12.1 Å². The number of nitro groups is 1. The second-order valence-electron chi connectivity index (χ2n) is 4.21. The molecule has 1 N–H and O–H groups in total. The van der Waals surface area contributed by atoms with Crippen molar-refractivity contribution in [3.05, 3.63) is 51.5 Å². The number of sulfonamides is 1. The number of fused-ring (bicyclic) bond motifs is 3. The second-order valence-corrected chi connectivity index (χ2v) is 6.27. The Labute approximate surface area is 119 Å². The maximum absolute atomic E-state index is 12.1. The van der Waals surface area contributed by atoms with E-state index < -0.39 is 14.9 Å². The molecule has 0 bridgehead atoms. The fraction of sp³-hybridized carbons (Fsp3) is 0. The van der Waals surface area contributed by atoms with Gasteiger partial charge in [0.25, 0.3) is 15.7 Å². The van der Waals surface area contributed by atoms with Gasteiger partial charge in [0.05, 0.1) is 20.5 Å². The number of anilines is 1. The van der Waals surface area contributed by atoms with Gasteiger partial charge in [-0.1, -0.05) is 29.8 Å². The van der Waals surface area contributed by atoms with E-state index in [4.69, 9.17) is 11.6 Å². The zero-order chi connectivity index (χ0) is 14.5. The average Bonchev–Trinajstić information content (AvgIpc) is 2.40. The fourth-order valence-electron chi connectivity index (χ4n) is 2.13. The number of nitro benzene ring substituents is 1. The predicted octanol–water partition coefficient (Wildman–Crippen LogP) is 3.03. The zero-order valence-corrected chi connectivity index (χ0v) is 11.4. The van der Waals surface area contributed by atoms with Crippen LogP contribution in [0.1, 0.15) is 0 Å². The Bertz CT molecular complexity index is 849. The van der Waals surface area contributed by atoms with Crippen molar-refractivity contribution in [2.75, 3.05) is 4.72 Å². The van der Waals surface area contributed by atoms with Crippen LogP contribution in [0.5, 0.6) is 0 Å². The summed E-state index contributed by atoms with van der Waals surface area (Å²) in [7, 11) is -3.72. The summed E-state index contributed by atoms with van der Waals surface area (Å²) in [4.78, 5) is 10.4. The normalized spacial score (nSPS) is 14.8. The molecule has 0 amide bonds. The van der Waals surface area contributed by atoms with Crippen LogP contribution in [0.2, 0.25) is 5.02 Å². The van der Waals surface area contributed by atoms with Crippen LogP contribution in [-0.4, -0.2) is 13.3 Å². The molecular formula is C12H7ClN2O4S. The van der Waals surface area contributed by atoms with Gasteiger partial charge in [-0.3, -0.25) is 14.8 Å². The Morgan fingerprint density at radius 2 is 1.85 bits per heavy atom. The van der Waals surface area contributed by atoms with Gasteiger partial charge in [-0.2, -0.15) is 0 Å². The van der Waals surface area contributed by atoms with Gasteiger partial charge >= 0.3 is 0 Å². The molecule has 0 saturated heterocycles. The highest BCUT2D eigenvalue weighted by Crippen LogP contribution is 2.44. The lowest BCUT2D eigenvalue weighted by atomic mass is 10.0. The van der Waals surface area contributed by atoms with Crippen molar-refractivity contribution >= 4 is 33.0 Å². The molecule has 3 rings (SSSR count). The van der Waals surface area contributed by atoms with Crippen LogP contribution in [0.25, 0.3) is 11.1 Å². The molecule has 0 spiro atoms. The molecule has 0 aromatic heterocycles. The maximum atomic E-state index is 12.1. The number of non-ortho nitro benzene ring substituents is 1. The standard InChI is InChI=1S/C12H7ClN2O4S/c13-10-6-7(15(16)17)5-9-8-3-1-2-4-11(8)20(18,19)14-12(9)10/h1-6,14H. The number of rotatable bonds is 1. The Hall–Kier alpha value is -2.12. The maximum Gasteiger partial charge on any atom is 0.271 e. The Balaban J connectivity index is 2.40. The van der Waals surface area contributed by atoms with Crippen molar-refractivity contribution < 1.29 is 13.3 Å². The van der Waals surface area contributed by atoms with Crippen molar-refractivity contribution in [2.24, 2.45) is 0 Å². The first-order valence-corrected chi connectivity index (χ1v) is 7.36. The van der Waals surface area contributed by atoms with E-state index in [2.05, 4.69) is 4.72 Å². The van der Waals surface area contributed by atoms with E-state index in [0.717, 1.165) is 6.07 Å². The highest BCUT2D eigenvalue weighted by Gasteiger charge is 2.30. The fourth-order valence-corrected chi connectivity index (χ4v) is 3.77. The second kappa shape index (κ2) is 4.19. The molecule has 102 valence electrons. The van der Waals surface area contributed by atoms with E-state index >= 15 is 0 Å². The smallest absolute Gasteiger partial charge is 0.271 e. The van der Waals surface area contributed by atoms with E-state index in [9.17, 15) is 18.5 Å². The monoisotopic (exact) mass is 310 g/mol. The lowest BCUT2D eigenvalue weighted by molar-refractivity contribution is -0.384. The summed E-state index contributed by atoms with van der Waals surface area (Å²) >= 11 is 5.95. The van der Waals surface area contributed by atoms with Crippen LogP contribution >= 0.6 is 11.6 Å². The van der Waals surface area contributed by atoms with Gasteiger partial charge in [0.15, 0.2) is 0 Å². The summed E-state index contributed by atoms with van der Waals surface area (Å²) < 4.78 is 26.6. The molecule has 0 atom stereocenters. The lowest BCUT2D eigenvalue weighted by Gasteiger charge is -2.22. The van der Waals surface area contributed by atoms with Crippen LogP contribution in [0, 0.1) is 10.1 Å². The molecule has 1 aliphatic heterocycles. The SMILES string of the molecule is O=[N+]([O-])c1cc(Cl)c2c(c1)-c1ccccc1S(=O)(=O)N2. The molecule has 6 nitrogen and oxygen atoms in total. The third-order valence-electron chi connectivity index (χ3n) is 2.99. The summed E-state index contributed by atoms with van der Waals surface area (Å²) in [5.41, 5.74) is 0.766. The van der Waals surface area contributed by atoms with Gasteiger partial charge in [-0.25, -0.2) is 8.42 Å². The largest absolute Gasteiger partial charge is 0.277 e. The van der Waals surface area contributed by atoms with E-state index in [1.54, 1.807) is 18.2 Å². The highest BCUT2D eigenvalue weighted by atomic mass is 35.5. The van der Waals surface area contributed by atoms with Gasteiger partial charge in [0.1, 0.15) is 0 Å².